The van der Waals surface area contributed by atoms with Gasteiger partial charge in [-0.15, -0.1) is 5.10 Å². The lowest BCUT2D eigenvalue weighted by molar-refractivity contribution is 0.506. The zero-order valence-corrected chi connectivity index (χ0v) is 9.86. The molecule has 0 aliphatic carbocycles. The van der Waals surface area contributed by atoms with E-state index in [4.69, 9.17) is 0 Å². The molecule has 1 aromatic heterocycles. The van der Waals surface area contributed by atoms with Crippen molar-refractivity contribution in [3.63, 3.8) is 0 Å². The third kappa shape index (κ3) is 1.96. The van der Waals surface area contributed by atoms with Crippen molar-refractivity contribution in [2.75, 3.05) is 0 Å². The van der Waals surface area contributed by atoms with E-state index in [1.807, 2.05) is 0 Å². The number of tetrazole rings is 1. The Balaban J connectivity index is 2.30. The average molecular weight is 216 g/mol. The van der Waals surface area contributed by atoms with E-state index >= 15 is 0 Å². The highest BCUT2D eigenvalue weighted by molar-refractivity contribution is 5.54. The van der Waals surface area contributed by atoms with E-state index in [2.05, 4.69) is 65.7 Å². The third-order valence-electron chi connectivity index (χ3n) is 3.17. The lowest BCUT2D eigenvalue weighted by Gasteiger charge is -2.23. The minimum Gasteiger partial charge on any atom is -0.239 e. The topological polar surface area (TPSA) is 54.5 Å². The summed E-state index contributed by atoms with van der Waals surface area (Å²) in [6.45, 7) is 6.70. The van der Waals surface area contributed by atoms with Crippen molar-refractivity contribution in [3.8, 4) is 11.4 Å². The van der Waals surface area contributed by atoms with Gasteiger partial charge in [0.05, 0.1) is 0 Å². The van der Waals surface area contributed by atoms with Crippen molar-refractivity contribution in [1.29, 1.82) is 0 Å². The molecule has 0 aliphatic rings. The normalized spacial score (nSPS) is 11.7. The fourth-order valence-electron chi connectivity index (χ4n) is 1.56. The minimum absolute atomic E-state index is 0.220. The molecule has 1 heterocycles. The fourth-order valence-corrected chi connectivity index (χ4v) is 1.56. The second-order valence-corrected chi connectivity index (χ2v) is 4.56. The number of nitrogens with one attached hydrogen (secondary N) is 1. The average Bonchev–Trinajstić information content (AvgIpc) is 2.83. The van der Waals surface area contributed by atoms with Gasteiger partial charge in [0.15, 0.2) is 5.82 Å². The van der Waals surface area contributed by atoms with E-state index in [0.717, 1.165) is 12.0 Å². The predicted molar refractivity (Wildman–Crippen MR) is 62.9 cm³/mol. The summed E-state index contributed by atoms with van der Waals surface area (Å²) < 4.78 is 0. The molecule has 0 radical (unpaired) electrons. The van der Waals surface area contributed by atoms with Gasteiger partial charge in [0.1, 0.15) is 0 Å². The summed E-state index contributed by atoms with van der Waals surface area (Å²) in [6.07, 6.45) is 1.12. The molecular weight excluding hydrogens is 200 g/mol. The van der Waals surface area contributed by atoms with Crippen LogP contribution in [0.2, 0.25) is 0 Å². The second kappa shape index (κ2) is 4.04. The van der Waals surface area contributed by atoms with E-state index in [9.17, 15) is 0 Å². The van der Waals surface area contributed by atoms with Crippen LogP contribution in [0.25, 0.3) is 11.4 Å². The molecular formula is C12H16N4. The molecule has 4 nitrogen and oxygen atoms in total. The highest BCUT2D eigenvalue weighted by Crippen LogP contribution is 2.27. The Kier molecular flexibility index (Phi) is 2.73. The maximum atomic E-state index is 3.88. The first-order valence-electron chi connectivity index (χ1n) is 5.48. The van der Waals surface area contributed by atoms with Gasteiger partial charge in [-0.3, -0.25) is 0 Å². The summed E-state index contributed by atoms with van der Waals surface area (Å²) >= 11 is 0. The van der Waals surface area contributed by atoms with Crippen LogP contribution >= 0.6 is 0 Å². The molecule has 84 valence electrons. The number of hydrogen-bond donors (Lipinski definition) is 1. The van der Waals surface area contributed by atoms with E-state index < -0.39 is 0 Å². The summed E-state index contributed by atoms with van der Waals surface area (Å²) in [5, 5.41) is 13.8. The van der Waals surface area contributed by atoms with Gasteiger partial charge >= 0.3 is 0 Å². The number of hydrogen-bond acceptors (Lipinski definition) is 3. The molecule has 0 bridgehead atoms. The molecule has 0 spiro atoms. The molecule has 1 N–H and O–H groups in total. The van der Waals surface area contributed by atoms with Crippen LogP contribution in [0.4, 0.5) is 0 Å². The van der Waals surface area contributed by atoms with Crippen LogP contribution in [-0.4, -0.2) is 20.6 Å². The first kappa shape index (κ1) is 10.8. The maximum Gasteiger partial charge on any atom is 0.179 e. The standard InChI is InChI=1S/C12H16N4/c1-4-12(2,3)10-7-5-9(6-8-10)11-13-15-16-14-11/h5-8H,4H2,1-3H3,(H,13,14,15,16). The van der Waals surface area contributed by atoms with Crippen LogP contribution in [0.3, 0.4) is 0 Å². The molecule has 2 aromatic rings. The van der Waals surface area contributed by atoms with Crippen LogP contribution in [0.1, 0.15) is 32.8 Å². The van der Waals surface area contributed by atoms with Gasteiger partial charge in [-0.05, 0) is 27.8 Å². The SMILES string of the molecule is CCC(C)(C)c1ccc(-c2nnn[nH]2)cc1. The fraction of sp³-hybridized carbons (Fsp3) is 0.417. The molecule has 0 saturated carbocycles. The van der Waals surface area contributed by atoms with Crippen molar-refractivity contribution >= 4 is 0 Å². The highest BCUT2D eigenvalue weighted by Gasteiger charge is 2.17. The number of aromatic amines is 1. The summed E-state index contributed by atoms with van der Waals surface area (Å²) in [7, 11) is 0. The quantitative estimate of drug-likeness (QED) is 0.857. The van der Waals surface area contributed by atoms with Gasteiger partial charge in [0.25, 0.3) is 0 Å². The summed E-state index contributed by atoms with van der Waals surface area (Å²) in [5.41, 5.74) is 2.57. The molecule has 1 aromatic carbocycles. The molecule has 16 heavy (non-hydrogen) atoms. The molecule has 0 amide bonds. The number of benzene rings is 1. The van der Waals surface area contributed by atoms with Crippen molar-refractivity contribution in [2.24, 2.45) is 0 Å². The third-order valence-corrected chi connectivity index (χ3v) is 3.17. The van der Waals surface area contributed by atoms with Gasteiger partial charge in [-0.1, -0.05) is 45.0 Å². The van der Waals surface area contributed by atoms with Crippen molar-refractivity contribution in [3.05, 3.63) is 29.8 Å². The van der Waals surface area contributed by atoms with Crippen molar-refractivity contribution < 1.29 is 0 Å². The maximum absolute atomic E-state index is 3.88. The Hall–Kier alpha value is -1.71. The van der Waals surface area contributed by atoms with Crippen LogP contribution in [0.5, 0.6) is 0 Å². The number of rotatable bonds is 3. The van der Waals surface area contributed by atoms with Gasteiger partial charge in [0.2, 0.25) is 0 Å². The lowest BCUT2D eigenvalue weighted by Crippen LogP contribution is -2.14. The van der Waals surface area contributed by atoms with Crippen LogP contribution < -0.4 is 0 Å². The van der Waals surface area contributed by atoms with E-state index in [1.165, 1.54) is 5.56 Å². The monoisotopic (exact) mass is 216 g/mol. The van der Waals surface area contributed by atoms with E-state index in [-0.39, 0.29) is 5.41 Å². The van der Waals surface area contributed by atoms with Crippen molar-refractivity contribution in [2.45, 2.75) is 32.6 Å². The summed E-state index contributed by atoms with van der Waals surface area (Å²) in [6, 6.07) is 8.38. The Morgan fingerprint density at radius 1 is 1.19 bits per heavy atom. The van der Waals surface area contributed by atoms with Crippen LogP contribution in [0.15, 0.2) is 24.3 Å². The highest BCUT2D eigenvalue weighted by atomic mass is 15.5. The molecule has 0 unspecified atom stereocenters. The van der Waals surface area contributed by atoms with E-state index in [0.29, 0.717) is 5.82 Å². The minimum atomic E-state index is 0.220. The number of aromatic nitrogens is 4. The summed E-state index contributed by atoms with van der Waals surface area (Å²) in [5.74, 6) is 0.709. The smallest absolute Gasteiger partial charge is 0.179 e. The number of H-pyrrole nitrogens is 1. The predicted octanol–water partition coefficient (Wildman–Crippen LogP) is 2.55. The van der Waals surface area contributed by atoms with Gasteiger partial charge in [0, 0.05) is 5.56 Å². The molecule has 2 rings (SSSR count). The van der Waals surface area contributed by atoms with Gasteiger partial charge < -0.3 is 0 Å². The Bertz CT molecular complexity index is 442. The van der Waals surface area contributed by atoms with Gasteiger partial charge in [-0.2, -0.15) is 0 Å². The molecule has 0 atom stereocenters. The van der Waals surface area contributed by atoms with Gasteiger partial charge in [-0.25, -0.2) is 5.10 Å². The largest absolute Gasteiger partial charge is 0.239 e. The van der Waals surface area contributed by atoms with Crippen molar-refractivity contribution in [1.82, 2.24) is 20.6 Å². The van der Waals surface area contributed by atoms with Crippen LogP contribution in [-0.2, 0) is 5.41 Å². The molecule has 4 heteroatoms. The first-order valence-corrected chi connectivity index (χ1v) is 5.48. The molecule has 0 aliphatic heterocycles. The first-order chi connectivity index (χ1) is 7.63. The summed E-state index contributed by atoms with van der Waals surface area (Å²) in [4.78, 5) is 0. The lowest BCUT2D eigenvalue weighted by atomic mass is 9.82. The van der Waals surface area contributed by atoms with E-state index in [1.54, 1.807) is 0 Å². The van der Waals surface area contributed by atoms with Crippen LogP contribution in [0, 0.1) is 0 Å². The zero-order chi connectivity index (χ0) is 11.6. The molecule has 0 fully saturated rings. The Morgan fingerprint density at radius 3 is 2.38 bits per heavy atom. The number of nitrogens with zero attached hydrogens (tertiary/aromatic N) is 3. The Morgan fingerprint density at radius 2 is 1.88 bits per heavy atom. The Labute approximate surface area is 95.1 Å². The second-order valence-electron chi connectivity index (χ2n) is 4.56. The zero-order valence-electron chi connectivity index (χ0n) is 9.86. The molecule has 0 saturated heterocycles.